The zero-order valence-corrected chi connectivity index (χ0v) is 17.1. The number of rotatable bonds is 4. The van der Waals surface area contributed by atoms with Crippen molar-refractivity contribution in [1.82, 2.24) is 20.5 Å². The van der Waals surface area contributed by atoms with Crippen LogP contribution in [0.4, 0.5) is 4.79 Å². The Morgan fingerprint density at radius 2 is 2.13 bits per heavy atom. The van der Waals surface area contributed by atoms with Crippen molar-refractivity contribution in [1.29, 1.82) is 0 Å². The van der Waals surface area contributed by atoms with E-state index in [1.54, 1.807) is 24.5 Å². The number of hydrogen-bond donors (Lipinski definition) is 2. The first-order valence-electron chi connectivity index (χ1n) is 10.3. The molecule has 8 heteroatoms. The number of benzene rings is 1. The number of furan rings is 1. The SMILES string of the molecule is CN1C(=O)N[C@@]2(CCC[C@H]2CNC(=O)c2cc(-c3ccco3)nc3ccccc23)C1=O. The van der Waals surface area contributed by atoms with Gasteiger partial charge in [-0.1, -0.05) is 24.6 Å². The van der Waals surface area contributed by atoms with E-state index in [1.165, 1.54) is 7.05 Å². The Labute approximate surface area is 178 Å². The molecular weight excluding hydrogens is 396 g/mol. The summed E-state index contributed by atoms with van der Waals surface area (Å²) in [4.78, 5) is 43.7. The summed E-state index contributed by atoms with van der Waals surface area (Å²) < 4.78 is 5.46. The smallest absolute Gasteiger partial charge is 0.324 e. The molecule has 2 aliphatic rings. The van der Waals surface area contributed by atoms with E-state index in [1.807, 2.05) is 24.3 Å². The molecule has 0 unspecified atom stereocenters. The number of nitrogens with zero attached hydrogens (tertiary/aromatic N) is 2. The molecule has 2 aromatic heterocycles. The van der Waals surface area contributed by atoms with Gasteiger partial charge in [0.05, 0.1) is 17.3 Å². The Bertz CT molecular complexity index is 1190. The third kappa shape index (κ3) is 3.06. The standard InChI is InChI=1S/C23H22N4O4/c1-27-21(29)23(26-22(27)30)10-4-6-14(23)13-24-20(28)16-12-18(19-9-5-11-31-19)25-17-8-3-2-7-15(16)17/h2-3,5,7-9,11-12,14H,4,6,10,13H2,1H3,(H,24,28)(H,26,30)/t14-,23+/m0/s1. The lowest BCUT2D eigenvalue weighted by Crippen LogP contribution is -2.53. The van der Waals surface area contributed by atoms with Crippen LogP contribution in [-0.2, 0) is 4.79 Å². The number of imide groups is 1. The van der Waals surface area contributed by atoms with Crippen LogP contribution >= 0.6 is 0 Å². The summed E-state index contributed by atoms with van der Waals surface area (Å²) in [5.74, 6) is -0.0466. The van der Waals surface area contributed by atoms with Gasteiger partial charge < -0.3 is 15.1 Å². The number of likely N-dealkylation sites (N-methyl/N-ethyl adjacent to an activating group) is 1. The van der Waals surface area contributed by atoms with Gasteiger partial charge in [0, 0.05) is 24.9 Å². The summed E-state index contributed by atoms with van der Waals surface area (Å²) in [6, 6.07) is 12.4. The second-order valence-electron chi connectivity index (χ2n) is 8.11. The molecule has 1 spiro atoms. The predicted octanol–water partition coefficient (Wildman–Crippen LogP) is 2.95. The molecule has 2 atom stereocenters. The molecule has 8 nitrogen and oxygen atoms in total. The van der Waals surface area contributed by atoms with Crippen LogP contribution in [0, 0.1) is 5.92 Å². The molecule has 2 fully saturated rings. The van der Waals surface area contributed by atoms with Crippen LogP contribution in [-0.4, -0.2) is 46.9 Å². The number of aromatic nitrogens is 1. The zero-order valence-electron chi connectivity index (χ0n) is 17.1. The molecule has 3 aromatic rings. The van der Waals surface area contributed by atoms with Crippen LogP contribution in [0.15, 0.2) is 53.1 Å². The molecule has 0 bridgehead atoms. The van der Waals surface area contributed by atoms with E-state index in [2.05, 4.69) is 15.6 Å². The van der Waals surface area contributed by atoms with E-state index < -0.39 is 5.54 Å². The van der Waals surface area contributed by atoms with Gasteiger partial charge >= 0.3 is 6.03 Å². The molecule has 1 aliphatic carbocycles. The highest BCUT2D eigenvalue weighted by Crippen LogP contribution is 2.39. The molecule has 31 heavy (non-hydrogen) atoms. The third-order valence-electron chi connectivity index (χ3n) is 6.38. The molecular formula is C23H22N4O4. The largest absolute Gasteiger partial charge is 0.463 e. The minimum atomic E-state index is -0.918. The fourth-order valence-corrected chi connectivity index (χ4v) is 4.74. The van der Waals surface area contributed by atoms with Crippen molar-refractivity contribution in [3.05, 3.63) is 54.3 Å². The van der Waals surface area contributed by atoms with Crippen molar-refractivity contribution in [2.75, 3.05) is 13.6 Å². The van der Waals surface area contributed by atoms with Gasteiger partial charge in [-0.25, -0.2) is 9.78 Å². The molecule has 4 amide bonds. The highest BCUT2D eigenvalue weighted by Gasteiger charge is 2.56. The Kier molecular flexibility index (Phi) is 4.50. The van der Waals surface area contributed by atoms with Crippen LogP contribution < -0.4 is 10.6 Å². The van der Waals surface area contributed by atoms with Gasteiger partial charge in [-0.15, -0.1) is 0 Å². The number of hydrogen-bond acceptors (Lipinski definition) is 5. The van der Waals surface area contributed by atoms with Gasteiger partial charge in [-0.05, 0) is 37.1 Å². The van der Waals surface area contributed by atoms with Gasteiger partial charge in [0.1, 0.15) is 11.2 Å². The van der Waals surface area contributed by atoms with Crippen molar-refractivity contribution in [2.45, 2.75) is 24.8 Å². The Morgan fingerprint density at radius 3 is 2.87 bits per heavy atom. The zero-order chi connectivity index (χ0) is 21.6. The highest BCUT2D eigenvalue weighted by atomic mass is 16.3. The maximum Gasteiger partial charge on any atom is 0.324 e. The van der Waals surface area contributed by atoms with Crippen molar-refractivity contribution in [2.24, 2.45) is 5.92 Å². The van der Waals surface area contributed by atoms with Crippen molar-refractivity contribution < 1.29 is 18.8 Å². The van der Waals surface area contributed by atoms with E-state index in [-0.39, 0.29) is 23.8 Å². The summed E-state index contributed by atoms with van der Waals surface area (Å²) in [5.41, 5.74) is 0.839. The minimum Gasteiger partial charge on any atom is -0.463 e. The number of urea groups is 1. The maximum atomic E-state index is 13.2. The number of carbonyl (C=O) groups excluding carboxylic acids is 3. The first-order valence-corrected chi connectivity index (χ1v) is 10.3. The number of pyridine rings is 1. The van der Waals surface area contributed by atoms with Crippen LogP contribution in [0.5, 0.6) is 0 Å². The van der Waals surface area contributed by atoms with Crippen molar-refractivity contribution >= 4 is 28.7 Å². The van der Waals surface area contributed by atoms with Gasteiger partial charge in [0.2, 0.25) is 0 Å². The van der Waals surface area contributed by atoms with Gasteiger partial charge in [-0.3, -0.25) is 14.5 Å². The predicted molar refractivity (Wildman–Crippen MR) is 113 cm³/mol. The first-order chi connectivity index (χ1) is 15.0. The molecule has 2 N–H and O–H groups in total. The summed E-state index contributed by atoms with van der Waals surface area (Å²) in [7, 11) is 1.49. The number of fused-ring (bicyclic) bond motifs is 1. The molecule has 5 rings (SSSR count). The van der Waals surface area contributed by atoms with E-state index in [0.29, 0.717) is 35.5 Å². The number of nitrogens with one attached hydrogen (secondary N) is 2. The van der Waals surface area contributed by atoms with Crippen molar-refractivity contribution in [3.8, 4) is 11.5 Å². The molecule has 0 radical (unpaired) electrons. The summed E-state index contributed by atoms with van der Waals surface area (Å²) in [5, 5.41) is 6.59. The quantitative estimate of drug-likeness (QED) is 0.634. The fourth-order valence-electron chi connectivity index (χ4n) is 4.74. The minimum absolute atomic E-state index is 0.157. The third-order valence-corrected chi connectivity index (χ3v) is 6.38. The lowest BCUT2D eigenvalue weighted by atomic mass is 9.86. The second-order valence-corrected chi connectivity index (χ2v) is 8.11. The average Bonchev–Trinajstić information content (AvgIpc) is 3.50. The Balaban J connectivity index is 1.42. The number of amides is 4. The van der Waals surface area contributed by atoms with E-state index >= 15 is 0 Å². The van der Waals surface area contributed by atoms with E-state index in [0.717, 1.165) is 23.1 Å². The summed E-state index contributed by atoms with van der Waals surface area (Å²) >= 11 is 0. The summed E-state index contributed by atoms with van der Waals surface area (Å²) in [6.45, 7) is 0.297. The van der Waals surface area contributed by atoms with Gasteiger partial charge in [0.25, 0.3) is 11.8 Å². The van der Waals surface area contributed by atoms with E-state index in [4.69, 9.17) is 4.42 Å². The van der Waals surface area contributed by atoms with Crippen molar-refractivity contribution in [3.63, 3.8) is 0 Å². The maximum absolute atomic E-state index is 13.2. The Hall–Kier alpha value is -3.68. The number of carbonyl (C=O) groups is 3. The average molecular weight is 418 g/mol. The summed E-state index contributed by atoms with van der Waals surface area (Å²) in [6.07, 6.45) is 3.73. The molecule has 3 heterocycles. The fraction of sp³-hybridized carbons (Fsp3) is 0.304. The lowest BCUT2D eigenvalue weighted by molar-refractivity contribution is -0.131. The van der Waals surface area contributed by atoms with Crippen LogP contribution in [0.1, 0.15) is 29.6 Å². The molecule has 1 aromatic carbocycles. The normalized spacial score (nSPS) is 23.0. The van der Waals surface area contributed by atoms with E-state index in [9.17, 15) is 14.4 Å². The molecule has 158 valence electrons. The monoisotopic (exact) mass is 418 g/mol. The van der Waals surface area contributed by atoms with Crippen LogP contribution in [0.25, 0.3) is 22.4 Å². The van der Waals surface area contributed by atoms with Gasteiger partial charge in [0.15, 0.2) is 5.76 Å². The molecule has 1 aliphatic heterocycles. The second kappa shape index (κ2) is 7.23. The molecule has 1 saturated heterocycles. The Morgan fingerprint density at radius 1 is 1.29 bits per heavy atom. The number of para-hydroxylation sites is 1. The van der Waals surface area contributed by atoms with Crippen LogP contribution in [0.2, 0.25) is 0 Å². The highest BCUT2D eigenvalue weighted by molar-refractivity contribution is 6.08. The lowest BCUT2D eigenvalue weighted by Gasteiger charge is -2.28. The molecule has 1 saturated carbocycles. The van der Waals surface area contributed by atoms with Gasteiger partial charge in [-0.2, -0.15) is 0 Å². The van der Waals surface area contributed by atoms with Crippen LogP contribution in [0.3, 0.4) is 0 Å². The topological polar surface area (TPSA) is 105 Å². The first kappa shape index (κ1) is 19.3.